The fraction of sp³-hybridized carbons (Fsp3) is 0.161. The molecule has 2 aliphatic rings. The number of amides is 2. The van der Waals surface area contributed by atoms with Crippen molar-refractivity contribution >= 4 is 23.2 Å². The average Bonchev–Trinajstić information content (AvgIpc) is 3.45. The molecule has 2 fully saturated rings. The summed E-state index contributed by atoms with van der Waals surface area (Å²) < 4.78 is 5.96. The molecular weight excluding hydrogens is 464 g/mol. The summed E-state index contributed by atoms with van der Waals surface area (Å²) in [6.45, 7) is 2.43. The molecule has 2 amide bonds. The SMILES string of the molecule is Cc1ccc(N2C(=O)[C@H]3[C@H](ON(c4ccccc4)[C@@H]3c3ccc(OCc4ccccc4)cc3)C2=O)cc1. The number of para-hydroxylation sites is 1. The van der Waals surface area contributed by atoms with Gasteiger partial charge >= 0.3 is 0 Å². The van der Waals surface area contributed by atoms with Crippen molar-refractivity contribution in [2.24, 2.45) is 5.92 Å². The highest BCUT2D eigenvalue weighted by Gasteiger charge is 2.60. The van der Waals surface area contributed by atoms with E-state index in [9.17, 15) is 9.59 Å². The van der Waals surface area contributed by atoms with E-state index >= 15 is 0 Å². The van der Waals surface area contributed by atoms with Crippen molar-refractivity contribution in [3.05, 3.63) is 126 Å². The third kappa shape index (κ3) is 4.26. The molecule has 184 valence electrons. The van der Waals surface area contributed by atoms with E-state index in [4.69, 9.17) is 9.57 Å². The molecule has 6 nitrogen and oxygen atoms in total. The topological polar surface area (TPSA) is 59.1 Å². The number of fused-ring (bicyclic) bond motifs is 1. The number of aryl methyl sites for hydroxylation is 1. The van der Waals surface area contributed by atoms with E-state index in [0.29, 0.717) is 12.3 Å². The molecule has 0 unspecified atom stereocenters. The quantitative estimate of drug-likeness (QED) is 0.328. The molecule has 0 aliphatic carbocycles. The van der Waals surface area contributed by atoms with Crippen LogP contribution in [0, 0.1) is 12.8 Å². The van der Waals surface area contributed by atoms with Crippen molar-refractivity contribution in [1.29, 1.82) is 0 Å². The first kappa shape index (κ1) is 23.0. The largest absolute Gasteiger partial charge is 0.489 e. The molecule has 37 heavy (non-hydrogen) atoms. The Morgan fingerprint density at radius 2 is 1.38 bits per heavy atom. The highest BCUT2D eigenvalue weighted by molar-refractivity contribution is 6.23. The molecule has 2 heterocycles. The van der Waals surface area contributed by atoms with Gasteiger partial charge in [-0.25, -0.2) is 9.96 Å². The molecule has 0 bridgehead atoms. The second kappa shape index (κ2) is 9.56. The van der Waals surface area contributed by atoms with Crippen LogP contribution in [0.5, 0.6) is 5.75 Å². The molecule has 0 radical (unpaired) electrons. The van der Waals surface area contributed by atoms with Crippen molar-refractivity contribution in [3.63, 3.8) is 0 Å². The van der Waals surface area contributed by atoms with Gasteiger partial charge in [0, 0.05) is 0 Å². The number of carbonyl (C=O) groups is 2. The smallest absolute Gasteiger partial charge is 0.266 e. The minimum Gasteiger partial charge on any atom is -0.489 e. The summed E-state index contributed by atoms with van der Waals surface area (Å²) in [5.41, 5.74) is 4.36. The number of nitrogens with zero attached hydrogens (tertiary/aromatic N) is 2. The van der Waals surface area contributed by atoms with Gasteiger partial charge in [-0.15, -0.1) is 0 Å². The van der Waals surface area contributed by atoms with Crippen molar-refractivity contribution < 1.29 is 19.2 Å². The van der Waals surface area contributed by atoms with Crippen LogP contribution in [-0.4, -0.2) is 17.9 Å². The van der Waals surface area contributed by atoms with Crippen LogP contribution in [0.4, 0.5) is 11.4 Å². The van der Waals surface area contributed by atoms with E-state index in [1.54, 1.807) is 17.2 Å². The zero-order chi connectivity index (χ0) is 25.4. The normalized spacial score (nSPS) is 20.8. The number of benzene rings is 4. The standard InChI is InChI=1S/C31H26N2O4/c1-21-12-16-24(17-13-21)32-30(34)27-28(33(37-29(27)31(32)35)25-10-6-3-7-11-25)23-14-18-26(19-15-23)36-20-22-8-4-2-5-9-22/h2-19,27-29H,20H2,1H3/t27-,28-,29+/m1/s1. The van der Waals surface area contributed by atoms with Crippen molar-refractivity contribution in [2.45, 2.75) is 25.7 Å². The van der Waals surface area contributed by atoms with Crippen LogP contribution >= 0.6 is 0 Å². The first-order valence-corrected chi connectivity index (χ1v) is 12.3. The lowest BCUT2D eigenvalue weighted by Crippen LogP contribution is -2.37. The molecular formula is C31H26N2O4. The fourth-order valence-corrected chi connectivity index (χ4v) is 5.00. The van der Waals surface area contributed by atoms with Gasteiger partial charge in [-0.3, -0.25) is 14.4 Å². The molecule has 0 aromatic heterocycles. The minimum atomic E-state index is -0.895. The van der Waals surface area contributed by atoms with E-state index in [1.165, 1.54) is 4.90 Å². The zero-order valence-electron chi connectivity index (χ0n) is 20.4. The predicted molar refractivity (Wildman–Crippen MR) is 141 cm³/mol. The van der Waals surface area contributed by atoms with Crippen LogP contribution in [0.2, 0.25) is 0 Å². The number of anilines is 2. The van der Waals surface area contributed by atoms with Crippen LogP contribution in [0.3, 0.4) is 0 Å². The van der Waals surface area contributed by atoms with Crippen LogP contribution in [-0.2, 0) is 21.0 Å². The Kier molecular flexibility index (Phi) is 5.94. The number of ether oxygens (including phenoxy) is 1. The Balaban J connectivity index is 1.31. The Bertz CT molecular complexity index is 1410. The first-order valence-electron chi connectivity index (χ1n) is 12.3. The van der Waals surface area contributed by atoms with Crippen molar-refractivity contribution in [2.75, 3.05) is 9.96 Å². The van der Waals surface area contributed by atoms with Gasteiger partial charge in [-0.1, -0.05) is 78.4 Å². The van der Waals surface area contributed by atoms with E-state index in [0.717, 1.165) is 28.1 Å². The number of hydroxylamine groups is 1. The first-order chi connectivity index (χ1) is 18.1. The van der Waals surface area contributed by atoms with Crippen LogP contribution in [0.15, 0.2) is 109 Å². The van der Waals surface area contributed by atoms with E-state index in [2.05, 4.69) is 0 Å². The molecule has 0 saturated carbocycles. The summed E-state index contributed by atoms with van der Waals surface area (Å²) in [5, 5.41) is 1.71. The predicted octanol–water partition coefficient (Wildman–Crippen LogP) is 5.63. The van der Waals surface area contributed by atoms with E-state index < -0.39 is 18.1 Å². The van der Waals surface area contributed by atoms with E-state index in [1.807, 2.05) is 104 Å². The summed E-state index contributed by atoms with van der Waals surface area (Å²) in [6, 6.07) is 34.1. The molecule has 0 N–H and O–H groups in total. The second-order valence-electron chi connectivity index (χ2n) is 9.35. The van der Waals surface area contributed by atoms with Gasteiger partial charge in [-0.2, -0.15) is 0 Å². The lowest BCUT2D eigenvalue weighted by Gasteiger charge is -2.29. The Morgan fingerprint density at radius 3 is 2.05 bits per heavy atom. The number of hydrogen-bond donors (Lipinski definition) is 0. The maximum atomic E-state index is 13.7. The van der Waals surface area contributed by atoms with E-state index in [-0.39, 0.29) is 11.8 Å². The van der Waals surface area contributed by atoms with Crippen LogP contribution in [0.1, 0.15) is 22.7 Å². The van der Waals surface area contributed by atoms with Gasteiger partial charge in [0.05, 0.1) is 17.4 Å². The van der Waals surface area contributed by atoms with Gasteiger partial charge < -0.3 is 4.74 Å². The third-order valence-electron chi connectivity index (χ3n) is 6.89. The number of carbonyl (C=O) groups excluding carboxylic acids is 2. The van der Waals surface area contributed by atoms with Gasteiger partial charge in [0.25, 0.3) is 5.91 Å². The van der Waals surface area contributed by atoms with Crippen LogP contribution in [0.25, 0.3) is 0 Å². The van der Waals surface area contributed by atoms with Crippen molar-refractivity contribution in [3.8, 4) is 5.75 Å². The molecule has 4 aromatic carbocycles. The lowest BCUT2D eigenvalue weighted by molar-refractivity contribution is -0.126. The minimum absolute atomic E-state index is 0.258. The Morgan fingerprint density at radius 1 is 0.730 bits per heavy atom. The maximum Gasteiger partial charge on any atom is 0.266 e. The van der Waals surface area contributed by atoms with Gasteiger partial charge in [-0.05, 0) is 54.4 Å². The van der Waals surface area contributed by atoms with Gasteiger partial charge in [0.1, 0.15) is 18.3 Å². The molecule has 6 heteroatoms. The Labute approximate surface area is 215 Å². The molecule has 3 atom stereocenters. The number of hydrogen-bond acceptors (Lipinski definition) is 5. The molecule has 4 aromatic rings. The van der Waals surface area contributed by atoms with Gasteiger partial charge in [0.2, 0.25) is 5.91 Å². The highest BCUT2D eigenvalue weighted by Crippen LogP contribution is 2.47. The molecule has 6 rings (SSSR count). The maximum absolute atomic E-state index is 13.7. The molecule has 0 spiro atoms. The average molecular weight is 491 g/mol. The summed E-state index contributed by atoms with van der Waals surface area (Å²) in [7, 11) is 0. The lowest BCUT2D eigenvalue weighted by atomic mass is 9.90. The highest BCUT2D eigenvalue weighted by atomic mass is 16.7. The van der Waals surface area contributed by atoms with Gasteiger partial charge in [0.15, 0.2) is 6.10 Å². The molecule has 2 aliphatic heterocycles. The summed E-state index contributed by atoms with van der Waals surface area (Å²) in [6.07, 6.45) is -0.895. The molecule has 2 saturated heterocycles. The number of imide groups is 1. The van der Waals surface area contributed by atoms with Crippen LogP contribution < -0.4 is 14.7 Å². The third-order valence-corrected chi connectivity index (χ3v) is 6.89. The zero-order valence-corrected chi connectivity index (χ0v) is 20.4. The Hall–Kier alpha value is -4.42. The summed E-state index contributed by atoms with van der Waals surface area (Å²) >= 11 is 0. The summed E-state index contributed by atoms with van der Waals surface area (Å²) in [4.78, 5) is 34.7. The fourth-order valence-electron chi connectivity index (χ4n) is 5.00. The van der Waals surface area contributed by atoms with Crippen molar-refractivity contribution in [1.82, 2.24) is 0 Å². The monoisotopic (exact) mass is 490 g/mol. The summed E-state index contributed by atoms with van der Waals surface area (Å²) in [5.74, 6) is -0.550. The second-order valence-corrected chi connectivity index (χ2v) is 9.35. The number of rotatable bonds is 6.